The van der Waals surface area contributed by atoms with Crippen LogP contribution in [-0.2, 0) is 4.74 Å². The number of hydrogen-bond acceptors (Lipinski definition) is 3. The molecule has 0 saturated heterocycles. The lowest BCUT2D eigenvalue weighted by atomic mass is 9.97. The molecule has 1 heterocycles. The molecule has 1 aliphatic rings. The minimum Gasteiger partial charge on any atom is -0.465 e. The van der Waals surface area contributed by atoms with E-state index < -0.39 is 0 Å². The zero-order valence-corrected chi connectivity index (χ0v) is 9.76. The molecule has 0 radical (unpaired) electrons. The van der Waals surface area contributed by atoms with Crippen LogP contribution in [0.25, 0.3) is 0 Å². The Hall–Kier alpha value is -0.960. The summed E-state index contributed by atoms with van der Waals surface area (Å²) in [5.41, 5.74) is 2.01. The summed E-state index contributed by atoms with van der Waals surface area (Å²) in [7, 11) is 1.41. The average Bonchev–Trinajstić information content (AvgIpc) is 2.28. The van der Waals surface area contributed by atoms with E-state index in [0.717, 1.165) is 5.75 Å². The number of ether oxygens (including phenoxy) is 1. The zero-order valence-electron chi connectivity index (χ0n) is 8.95. The molecule has 3 heteroatoms. The molecule has 2 rings (SSSR count). The number of carbonyl (C=O) groups is 1. The van der Waals surface area contributed by atoms with Gasteiger partial charge in [-0.15, -0.1) is 11.8 Å². The second-order valence-electron chi connectivity index (χ2n) is 3.78. The molecular weight excluding hydrogens is 208 g/mol. The Labute approximate surface area is 94.0 Å². The van der Waals surface area contributed by atoms with E-state index >= 15 is 0 Å². The van der Waals surface area contributed by atoms with Gasteiger partial charge >= 0.3 is 5.97 Å². The van der Waals surface area contributed by atoms with Gasteiger partial charge in [0.2, 0.25) is 0 Å². The maximum Gasteiger partial charge on any atom is 0.337 e. The van der Waals surface area contributed by atoms with Gasteiger partial charge in [-0.2, -0.15) is 0 Å². The smallest absolute Gasteiger partial charge is 0.337 e. The third-order valence-electron chi connectivity index (χ3n) is 2.77. The molecular formula is C12H14O2S. The molecule has 0 saturated carbocycles. The maximum absolute atomic E-state index is 11.3. The minimum absolute atomic E-state index is 0.253. The quantitative estimate of drug-likeness (QED) is 0.683. The number of fused-ring (bicyclic) bond motifs is 1. The molecule has 0 N–H and O–H groups in total. The number of benzene rings is 1. The molecule has 0 fully saturated rings. The molecule has 1 aliphatic heterocycles. The number of carbonyl (C=O) groups excluding carboxylic acids is 1. The van der Waals surface area contributed by atoms with Gasteiger partial charge in [-0.05, 0) is 35.8 Å². The van der Waals surface area contributed by atoms with Crippen molar-refractivity contribution in [2.24, 2.45) is 0 Å². The number of thioether (sulfide) groups is 1. The van der Waals surface area contributed by atoms with Crippen LogP contribution in [0.4, 0.5) is 0 Å². The molecule has 0 amide bonds. The second-order valence-corrected chi connectivity index (χ2v) is 4.92. The van der Waals surface area contributed by atoms with Crippen molar-refractivity contribution < 1.29 is 9.53 Å². The number of hydrogen-bond donors (Lipinski definition) is 0. The summed E-state index contributed by atoms with van der Waals surface area (Å²) in [6.07, 6.45) is 1.22. The van der Waals surface area contributed by atoms with Crippen molar-refractivity contribution in [3.8, 4) is 0 Å². The van der Waals surface area contributed by atoms with E-state index in [1.54, 1.807) is 0 Å². The molecule has 0 aromatic heterocycles. The number of esters is 1. The van der Waals surface area contributed by atoms with E-state index in [1.807, 2.05) is 23.9 Å². The number of methoxy groups -OCH3 is 1. The molecule has 15 heavy (non-hydrogen) atoms. The standard InChI is InChI=1S/C12H14O2S/c1-8-5-6-15-11-7-9(12(13)14-2)3-4-10(8)11/h3-4,7-8H,5-6H2,1-2H3/t8-/m1/s1. The minimum atomic E-state index is -0.253. The second kappa shape index (κ2) is 4.27. The Morgan fingerprint density at radius 2 is 2.33 bits per heavy atom. The predicted octanol–water partition coefficient (Wildman–Crippen LogP) is 3.07. The molecule has 0 unspecified atom stereocenters. The largest absolute Gasteiger partial charge is 0.465 e. The van der Waals surface area contributed by atoms with Crippen LogP contribution in [0.2, 0.25) is 0 Å². The van der Waals surface area contributed by atoms with Crippen molar-refractivity contribution in [3.63, 3.8) is 0 Å². The molecule has 1 aromatic carbocycles. The highest BCUT2D eigenvalue weighted by atomic mass is 32.2. The summed E-state index contributed by atoms with van der Waals surface area (Å²) >= 11 is 1.83. The lowest BCUT2D eigenvalue weighted by Crippen LogP contribution is -2.07. The molecule has 0 aliphatic carbocycles. The highest BCUT2D eigenvalue weighted by Gasteiger charge is 2.18. The van der Waals surface area contributed by atoms with Crippen molar-refractivity contribution in [1.29, 1.82) is 0 Å². The van der Waals surface area contributed by atoms with Gasteiger partial charge in [0.1, 0.15) is 0 Å². The van der Waals surface area contributed by atoms with Crippen molar-refractivity contribution in [2.75, 3.05) is 12.9 Å². The average molecular weight is 222 g/mol. The summed E-state index contributed by atoms with van der Waals surface area (Å²) in [4.78, 5) is 12.6. The molecule has 2 nitrogen and oxygen atoms in total. The first-order valence-electron chi connectivity index (χ1n) is 5.07. The lowest BCUT2D eigenvalue weighted by Gasteiger charge is -2.21. The fourth-order valence-electron chi connectivity index (χ4n) is 1.81. The molecule has 1 atom stereocenters. The number of rotatable bonds is 1. The van der Waals surface area contributed by atoms with Crippen LogP contribution in [0.5, 0.6) is 0 Å². The summed E-state index contributed by atoms with van der Waals surface area (Å²) in [5.74, 6) is 1.49. The first-order valence-corrected chi connectivity index (χ1v) is 6.06. The van der Waals surface area contributed by atoms with Gasteiger partial charge in [-0.25, -0.2) is 4.79 Å². The van der Waals surface area contributed by atoms with Crippen molar-refractivity contribution in [2.45, 2.75) is 24.2 Å². The van der Waals surface area contributed by atoms with Gasteiger partial charge in [0.15, 0.2) is 0 Å². The molecule has 1 aromatic rings. The van der Waals surface area contributed by atoms with Gasteiger partial charge in [0.05, 0.1) is 12.7 Å². The van der Waals surface area contributed by atoms with Crippen LogP contribution in [0.15, 0.2) is 23.1 Å². The summed E-state index contributed by atoms with van der Waals surface area (Å²) in [6.45, 7) is 2.23. The van der Waals surface area contributed by atoms with E-state index in [-0.39, 0.29) is 5.97 Å². The van der Waals surface area contributed by atoms with Crippen LogP contribution in [-0.4, -0.2) is 18.8 Å². The van der Waals surface area contributed by atoms with E-state index in [2.05, 4.69) is 13.0 Å². The van der Waals surface area contributed by atoms with E-state index in [9.17, 15) is 4.79 Å². The molecule has 0 bridgehead atoms. The van der Waals surface area contributed by atoms with Gasteiger partial charge < -0.3 is 4.74 Å². The van der Waals surface area contributed by atoms with Crippen molar-refractivity contribution in [1.82, 2.24) is 0 Å². The Kier molecular flexibility index (Phi) is 3.00. The highest BCUT2D eigenvalue weighted by Crippen LogP contribution is 2.37. The monoisotopic (exact) mass is 222 g/mol. The summed E-state index contributed by atoms with van der Waals surface area (Å²) < 4.78 is 4.71. The summed E-state index contributed by atoms with van der Waals surface area (Å²) in [6, 6.07) is 5.85. The Bertz CT molecular complexity index is 387. The van der Waals surface area contributed by atoms with Crippen molar-refractivity contribution >= 4 is 17.7 Å². The molecule has 0 spiro atoms. The fraction of sp³-hybridized carbons (Fsp3) is 0.417. The Balaban J connectivity index is 2.37. The summed E-state index contributed by atoms with van der Waals surface area (Å²) in [5, 5.41) is 0. The van der Waals surface area contributed by atoms with Crippen LogP contribution < -0.4 is 0 Å². The fourth-order valence-corrected chi connectivity index (χ4v) is 3.15. The Morgan fingerprint density at radius 3 is 3.07 bits per heavy atom. The third-order valence-corrected chi connectivity index (χ3v) is 3.88. The van der Waals surface area contributed by atoms with Crippen molar-refractivity contribution in [3.05, 3.63) is 29.3 Å². The SMILES string of the molecule is COC(=O)c1ccc2c(c1)SCC[C@H]2C. The van der Waals surface area contributed by atoms with E-state index in [1.165, 1.54) is 24.0 Å². The van der Waals surface area contributed by atoms with E-state index in [4.69, 9.17) is 4.74 Å². The Morgan fingerprint density at radius 1 is 1.53 bits per heavy atom. The highest BCUT2D eigenvalue weighted by molar-refractivity contribution is 7.99. The third kappa shape index (κ3) is 2.02. The topological polar surface area (TPSA) is 26.3 Å². The first kappa shape index (κ1) is 10.6. The van der Waals surface area contributed by atoms with Crippen LogP contribution in [0, 0.1) is 0 Å². The molecule has 80 valence electrons. The normalized spacial score (nSPS) is 19.5. The van der Waals surface area contributed by atoms with Crippen LogP contribution in [0.1, 0.15) is 35.2 Å². The van der Waals surface area contributed by atoms with Gasteiger partial charge in [0.25, 0.3) is 0 Å². The lowest BCUT2D eigenvalue weighted by molar-refractivity contribution is 0.0600. The van der Waals surface area contributed by atoms with Crippen LogP contribution in [0.3, 0.4) is 0 Å². The van der Waals surface area contributed by atoms with Gasteiger partial charge in [0, 0.05) is 4.90 Å². The van der Waals surface area contributed by atoms with Gasteiger partial charge in [-0.1, -0.05) is 13.0 Å². The maximum atomic E-state index is 11.3. The van der Waals surface area contributed by atoms with Gasteiger partial charge in [-0.3, -0.25) is 0 Å². The van der Waals surface area contributed by atoms with E-state index in [0.29, 0.717) is 11.5 Å². The zero-order chi connectivity index (χ0) is 10.8. The van der Waals surface area contributed by atoms with Crippen LogP contribution >= 0.6 is 11.8 Å². The first-order chi connectivity index (χ1) is 7.22. The predicted molar refractivity (Wildman–Crippen MR) is 61.5 cm³/mol.